The minimum atomic E-state index is -0.403. The number of ether oxygens (including phenoxy) is 2. The molecule has 4 saturated carbocycles. The van der Waals surface area contributed by atoms with Gasteiger partial charge in [0.15, 0.2) is 11.5 Å². The van der Waals surface area contributed by atoms with Gasteiger partial charge in [0.1, 0.15) is 13.2 Å². The van der Waals surface area contributed by atoms with E-state index in [1.54, 1.807) is 0 Å². The number of carbonyl (C=O) groups is 1. The Balaban J connectivity index is 1.11. The van der Waals surface area contributed by atoms with Crippen LogP contribution in [0.1, 0.15) is 78.6 Å². The molecule has 0 spiro atoms. The van der Waals surface area contributed by atoms with E-state index in [4.69, 9.17) is 9.47 Å². The van der Waals surface area contributed by atoms with Crippen LogP contribution in [0.2, 0.25) is 0 Å². The molecule has 7 nitrogen and oxygen atoms in total. The summed E-state index contributed by atoms with van der Waals surface area (Å²) in [5, 5.41) is 36.6. The highest BCUT2D eigenvalue weighted by Crippen LogP contribution is 2.68. The Morgan fingerprint density at radius 2 is 1.79 bits per heavy atom. The molecule has 0 radical (unpaired) electrons. The van der Waals surface area contributed by atoms with Crippen LogP contribution in [0.3, 0.4) is 0 Å². The molecule has 1 amide bonds. The largest absolute Gasteiger partial charge is 0.486 e. The van der Waals surface area contributed by atoms with Crippen molar-refractivity contribution in [3.8, 4) is 11.5 Å². The number of hydrogen-bond acceptors (Lipinski definition) is 6. The molecule has 1 heterocycles. The molecule has 1 aliphatic heterocycles. The van der Waals surface area contributed by atoms with Gasteiger partial charge in [-0.05, 0) is 110 Å². The maximum absolute atomic E-state index is 12.9. The lowest BCUT2D eigenvalue weighted by atomic mass is 9.43. The van der Waals surface area contributed by atoms with Crippen molar-refractivity contribution in [3.05, 3.63) is 18.2 Å². The number of hydrogen-bond donors (Lipinski definition) is 4. The van der Waals surface area contributed by atoms with Gasteiger partial charge in [0.2, 0.25) is 5.91 Å². The van der Waals surface area contributed by atoms with E-state index in [1.807, 2.05) is 18.2 Å². The summed E-state index contributed by atoms with van der Waals surface area (Å²) in [6, 6.07) is 5.50. The number of amides is 1. The molecule has 1 aromatic rings. The van der Waals surface area contributed by atoms with E-state index in [1.165, 1.54) is 0 Å². The molecule has 11 atom stereocenters. The first-order valence-corrected chi connectivity index (χ1v) is 15.3. The maximum atomic E-state index is 12.9. The van der Waals surface area contributed by atoms with Crippen LogP contribution < -0.4 is 14.8 Å². The Morgan fingerprint density at radius 3 is 2.59 bits per heavy atom. The molecule has 7 heteroatoms. The van der Waals surface area contributed by atoms with Gasteiger partial charge in [-0.25, -0.2) is 0 Å². The molecular formula is C32H47NO6. The predicted octanol–water partition coefficient (Wildman–Crippen LogP) is 4.77. The normalized spacial score (nSPS) is 43.5. The summed E-state index contributed by atoms with van der Waals surface area (Å²) in [5.41, 5.74) is 0.554. The summed E-state index contributed by atoms with van der Waals surface area (Å²) in [7, 11) is 0. The third-order valence-electron chi connectivity index (χ3n) is 12.2. The van der Waals surface area contributed by atoms with Crippen LogP contribution in [-0.4, -0.2) is 52.8 Å². The van der Waals surface area contributed by atoms with Gasteiger partial charge in [0.25, 0.3) is 0 Å². The minimum absolute atomic E-state index is 0.0105. The van der Waals surface area contributed by atoms with Crippen LogP contribution in [-0.2, 0) is 4.79 Å². The molecule has 216 valence electrons. The molecule has 4 aliphatic carbocycles. The number of rotatable bonds is 5. The molecule has 5 aliphatic rings. The minimum Gasteiger partial charge on any atom is -0.486 e. The van der Waals surface area contributed by atoms with Crippen LogP contribution in [0.4, 0.5) is 5.69 Å². The molecule has 4 N–H and O–H groups in total. The van der Waals surface area contributed by atoms with Crippen molar-refractivity contribution >= 4 is 11.6 Å². The maximum Gasteiger partial charge on any atom is 0.224 e. The summed E-state index contributed by atoms with van der Waals surface area (Å²) >= 11 is 0. The predicted molar refractivity (Wildman–Crippen MR) is 148 cm³/mol. The quantitative estimate of drug-likeness (QED) is 0.428. The van der Waals surface area contributed by atoms with Gasteiger partial charge in [-0.15, -0.1) is 0 Å². The lowest BCUT2D eigenvalue weighted by Gasteiger charge is -2.63. The van der Waals surface area contributed by atoms with E-state index >= 15 is 0 Å². The third kappa shape index (κ3) is 4.57. The number of aliphatic hydroxyl groups excluding tert-OH is 3. The molecule has 0 unspecified atom stereocenters. The smallest absolute Gasteiger partial charge is 0.224 e. The molecular weight excluding hydrogens is 494 g/mol. The number of fused-ring (bicyclic) bond motifs is 6. The standard InChI is InChI=1S/C32H47NO6/c1-18(4-9-29(37)33-20-5-8-26-27(16-20)39-13-12-38-26)22-6-7-23-30-24(17-28(36)32(22,23)3)31(2)11-10-21(34)14-19(31)15-25(30)35/h5,8,16,18-19,21-25,28,30,34-36H,4,6-7,9-15,17H2,1-3H3,(H,33,37)/t18-,19+,21-,22-,23+,24+,25-,28+,30+,31+,32-/m1/s1. The van der Waals surface area contributed by atoms with Gasteiger partial charge in [-0.3, -0.25) is 4.79 Å². The van der Waals surface area contributed by atoms with Crippen LogP contribution >= 0.6 is 0 Å². The van der Waals surface area contributed by atoms with Crippen molar-refractivity contribution in [1.82, 2.24) is 0 Å². The number of nitrogens with one attached hydrogen (secondary N) is 1. The monoisotopic (exact) mass is 541 g/mol. The van der Waals surface area contributed by atoms with Crippen LogP contribution in [0.15, 0.2) is 18.2 Å². The van der Waals surface area contributed by atoms with Gasteiger partial charge in [0, 0.05) is 18.2 Å². The van der Waals surface area contributed by atoms with Gasteiger partial charge in [0.05, 0.1) is 18.3 Å². The zero-order valence-corrected chi connectivity index (χ0v) is 23.8. The van der Waals surface area contributed by atoms with Gasteiger partial charge in [-0.1, -0.05) is 20.8 Å². The zero-order chi connectivity index (χ0) is 27.5. The number of anilines is 1. The number of benzene rings is 1. The fourth-order valence-corrected chi connectivity index (χ4v) is 10.0. The Morgan fingerprint density at radius 1 is 1.03 bits per heavy atom. The Labute approximate surface area is 232 Å². The molecule has 4 fully saturated rings. The van der Waals surface area contributed by atoms with E-state index < -0.39 is 6.10 Å². The summed E-state index contributed by atoms with van der Waals surface area (Å²) in [6.45, 7) is 7.93. The fraction of sp³-hybridized carbons (Fsp3) is 0.781. The first-order valence-electron chi connectivity index (χ1n) is 15.3. The van der Waals surface area contributed by atoms with Crippen molar-refractivity contribution in [2.75, 3.05) is 18.5 Å². The molecule has 0 aromatic heterocycles. The SMILES string of the molecule is C[C@H](CCC(=O)Nc1ccc2c(c1)OCCO2)[C@H]1CC[C@H]2[C@@H]3[C@H](O)C[C@@H]4C[C@H](O)CC[C@]4(C)[C@H]3C[C@H](O)[C@]12C. The van der Waals surface area contributed by atoms with E-state index in [0.717, 1.165) is 51.4 Å². The highest BCUT2D eigenvalue weighted by Gasteiger charge is 2.65. The average molecular weight is 542 g/mol. The highest BCUT2D eigenvalue weighted by molar-refractivity contribution is 5.91. The van der Waals surface area contributed by atoms with Gasteiger partial charge < -0.3 is 30.1 Å². The summed E-state index contributed by atoms with van der Waals surface area (Å²) in [6.07, 6.45) is 6.37. The lowest BCUT2D eigenvalue weighted by molar-refractivity contribution is -0.207. The highest BCUT2D eigenvalue weighted by atomic mass is 16.6. The van der Waals surface area contributed by atoms with Crippen LogP contribution in [0.5, 0.6) is 11.5 Å². The van der Waals surface area contributed by atoms with E-state index in [2.05, 4.69) is 26.1 Å². The van der Waals surface area contributed by atoms with Crippen LogP contribution in [0.25, 0.3) is 0 Å². The molecule has 39 heavy (non-hydrogen) atoms. The van der Waals surface area contributed by atoms with Crippen molar-refractivity contribution in [2.45, 2.75) is 96.9 Å². The Kier molecular flexibility index (Phi) is 7.16. The average Bonchev–Trinajstić information content (AvgIpc) is 3.27. The first kappa shape index (κ1) is 27.3. The van der Waals surface area contributed by atoms with Crippen molar-refractivity contribution < 1.29 is 29.6 Å². The second-order valence-corrected chi connectivity index (χ2v) is 13.9. The van der Waals surface area contributed by atoms with Crippen LogP contribution in [0, 0.1) is 46.3 Å². The number of carbonyl (C=O) groups excluding carboxylic acids is 1. The summed E-state index contributed by atoms with van der Waals surface area (Å²) in [4.78, 5) is 12.9. The first-order chi connectivity index (χ1) is 18.6. The second kappa shape index (κ2) is 10.2. The second-order valence-electron chi connectivity index (χ2n) is 13.9. The zero-order valence-electron chi connectivity index (χ0n) is 23.8. The van der Waals surface area contributed by atoms with E-state index in [0.29, 0.717) is 66.4 Å². The van der Waals surface area contributed by atoms with E-state index in [-0.39, 0.29) is 34.9 Å². The van der Waals surface area contributed by atoms with E-state index in [9.17, 15) is 20.1 Å². The summed E-state index contributed by atoms with van der Waals surface area (Å²) < 4.78 is 11.2. The lowest BCUT2D eigenvalue weighted by Crippen LogP contribution is -2.62. The van der Waals surface area contributed by atoms with Crippen molar-refractivity contribution in [1.29, 1.82) is 0 Å². The Hall–Kier alpha value is -1.83. The third-order valence-corrected chi connectivity index (χ3v) is 12.2. The summed E-state index contributed by atoms with van der Waals surface area (Å²) in [5.74, 6) is 3.13. The molecule has 0 saturated heterocycles. The number of aliphatic hydroxyl groups is 3. The molecule has 6 rings (SSSR count). The fourth-order valence-electron chi connectivity index (χ4n) is 10.0. The molecule has 0 bridgehead atoms. The van der Waals surface area contributed by atoms with Crippen molar-refractivity contribution in [3.63, 3.8) is 0 Å². The van der Waals surface area contributed by atoms with Gasteiger partial charge >= 0.3 is 0 Å². The topological polar surface area (TPSA) is 108 Å². The van der Waals surface area contributed by atoms with Crippen molar-refractivity contribution in [2.24, 2.45) is 46.3 Å². The molecule has 1 aromatic carbocycles. The van der Waals surface area contributed by atoms with Gasteiger partial charge in [-0.2, -0.15) is 0 Å². The Bertz CT molecular complexity index is 1080.